The number of aryl methyl sites for hydroxylation is 2. The van der Waals surface area contributed by atoms with E-state index in [0.29, 0.717) is 5.92 Å². The first-order valence-electron chi connectivity index (χ1n) is 11.5. The van der Waals surface area contributed by atoms with E-state index in [1.807, 2.05) is 27.7 Å². The second kappa shape index (κ2) is 12.6. The zero-order valence-electron chi connectivity index (χ0n) is 20.4. The number of hydrogen-bond acceptors (Lipinski definition) is 2. The summed E-state index contributed by atoms with van der Waals surface area (Å²) < 4.78 is 5.53. The average Bonchev–Trinajstić information content (AvgIpc) is 3.28. The SMILES string of the molecule is CC.CC.COc1ccc(Cc2c(C)cc(N3CCCC3)cc2C)cc1C(C)C. The van der Waals surface area contributed by atoms with Crippen molar-refractivity contribution in [2.75, 3.05) is 25.1 Å². The van der Waals surface area contributed by atoms with E-state index in [1.165, 1.54) is 59.4 Å². The number of benzene rings is 2. The number of ether oxygens (including phenoxy) is 1. The normalized spacial score (nSPS) is 12.8. The van der Waals surface area contributed by atoms with Crippen LogP contribution in [0.2, 0.25) is 0 Å². The van der Waals surface area contributed by atoms with Gasteiger partial charge in [-0.2, -0.15) is 0 Å². The van der Waals surface area contributed by atoms with E-state index in [1.54, 1.807) is 7.11 Å². The molecule has 162 valence electrons. The number of methoxy groups -OCH3 is 1. The maximum absolute atomic E-state index is 5.53. The van der Waals surface area contributed by atoms with Gasteiger partial charge in [-0.1, -0.05) is 53.7 Å². The molecule has 0 aromatic heterocycles. The van der Waals surface area contributed by atoms with Gasteiger partial charge in [-0.05, 0) is 85.0 Å². The first-order chi connectivity index (χ1) is 14.0. The van der Waals surface area contributed by atoms with Crippen LogP contribution in [-0.4, -0.2) is 20.2 Å². The largest absolute Gasteiger partial charge is 0.496 e. The van der Waals surface area contributed by atoms with E-state index in [0.717, 1.165) is 12.2 Å². The molecule has 2 nitrogen and oxygen atoms in total. The van der Waals surface area contributed by atoms with Gasteiger partial charge in [-0.3, -0.25) is 0 Å². The minimum Gasteiger partial charge on any atom is -0.496 e. The van der Waals surface area contributed by atoms with Gasteiger partial charge >= 0.3 is 0 Å². The van der Waals surface area contributed by atoms with Crippen molar-refractivity contribution < 1.29 is 4.74 Å². The Morgan fingerprint density at radius 3 is 1.93 bits per heavy atom. The summed E-state index contributed by atoms with van der Waals surface area (Å²) in [5.74, 6) is 1.46. The third-order valence-corrected chi connectivity index (χ3v) is 5.45. The first-order valence-corrected chi connectivity index (χ1v) is 11.5. The molecule has 2 aromatic rings. The molecule has 0 amide bonds. The molecular formula is C27H43NO. The highest BCUT2D eigenvalue weighted by Gasteiger charge is 2.15. The van der Waals surface area contributed by atoms with Crippen molar-refractivity contribution in [1.82, 2.24) is 0 Å². The maximum atomic E-state index is 5.53. The van der Waals surface area contributed by atoms with Crippen LogP contribution in [0.25, 0.3) is 0 Å². The predicted octanol–water partition coefficient (Wildman–Crippen LogP) is 7.68. The Labute approximate surface area is 180 Å². The highest BCUT2D eigenvalue weighted by Crippen LogP contribution is 2.31. The van der Waals surface area contributed by atoms with Crippen molar-refractivity contribution in [3.05, 3.63) is 58.1 Å². The molecule has 0 saturated carbocycles. The van der Waals surface area contributed by atoms with E-state index in [9.17, 15) is 0 Å². The molecule has 2 aromatic carbocycles. The molecule has 2 heteroatoms. The lowest BCUT2D eigenvalue weighted by Gasteiger charge is -2.21. The molecule has 1 heterocycles. The summed E-state index contributed by atoms with van der Waals surface area (Å²) in [6.07, 6.45) is 3.63. The van der Waals surface area contributed by atoms with Gasteiger partial charge < -0.3 is 9.64 Å². The van der Waals surface area contributed by atoms with Crippen LogP contribution in [0.4, 0.5) is 5.69 Å². The van der Waals surface area contributed by atoms with Crippen LogP contribution in [-0.2, 0) is 6.42 Å². The van der Waals surface area contributed by atoms with Crippen LogP contribution in [0.5, 0.6) is 5.75 Å². The first kappa shape index (κ1) is 25.1. The Balaban J connectivity index is 0.000000989. The molecule has 0 atom stereocenters. The average molecular weight is 398 g/mol. The quantitative estimate of drug-likeness (QED) is 0.513. The Hall–Kier alpha value is -1.96. The molecule has 1 saturated heterocycles. The summed E-state index contributed by atoms with van der Waals surface area (Å²) in [5, 5.41) is 0. The summed E-state index contributed by atoms with van der Waals surface area (Å²) in [5.41, 5.74) is 8.33. The lowest BCUT2D eigenvalue weighted by Crippen LogP contribution is -2.18. The monoisotopic (exact) mass is 397 g/mol. The number of anilines is 1. The lowest BCUT2D eigenvalue weighted by molar-refractivity contribution is 0.407. The third kappa shape index (κ3) is 6.52. The third-order valence-electron chi connectivity index (χ3n) is 5.45. The molecular weight excluding hydrogens is 354 g/mol. The highest BCUT2D eigenvalue weighted by molar-refractivity contribution is 5.55. The summed E-state index contributed by atoms with van der Waals surface area (Å²) in [4.78, 5) is 2.52. The lowest BCUT2D eigenvalue weighted by atomic mass is 9.92. The van der Waals surface area contributed by atoms with Crippen LogP contribution in [0, 0.1) is 13.8 Å². The molecule has 0 radical (unpaired) electrons. The number of nitrogens with zero attached hydrogens (tertiary/aromatic N) is 1. The van der Waals surface area contributed by atoms with Crippen LogP contribution >= 0.6 is 0 Å². The standard InChI is InChI=1S/C23H31NO.2C2H6/c1-16(2)21-14-19(8-9-23(21)25-5)15-22-17(3)12-20(13-18(22)4)24-10-6-7-11-24;2*1-2/h8-9,12-14,16H,6-7,10-11,15H2,1-5H3;2*1-2H3. The van der Waals surface area contributed by atoms with Gasteiger partial charge in [-0.15, -0.1) is 0 Å². The van der Waals surface area contributed by atoms with E-state index in [2.05, 4.69) is 62.9 Å². The molecule has 0 aliphatic carbocycles. The smallest absolute Gasteiger partial charge is 0.122 e. The van der Waals surface area contributed by atoms with Crippen molar-refractivity contribution in [2.45, 2.75) is 80.6 Å². The Morgan fingerprint density at radius 1 is 0.897 bits per heavy atom. The zero-order valence-corrected chi connectivity index (χ0v) is 20.4. The van der Waals surface area contributed by atoms with Crippen LogP contribution in [0.1, 0.15) is 88.1 Å². The minimum atomic E-state index is 0.467. The fourth-order valence-corrected chi connectivity index (χ4v) is 3.96. The number of hydrogen-bond donors (Lipinski definition) is 0. The maximum Gasteiger partial charge on any atom is 0.122 e. The molecule has 29 heavy (non-hydrogen) atoms. The minimum absolute atomic E-state index is 0.467. The molecule has 1 aliphatic heterocycles. The highest BCUT2D eigenvalue weighted by atomic mass is 16.5. The zero-order chi connectivity index (χ0) is 22.0. The van der Waals surface area contributed by atoms with Gasteiger partial charge in [0, 0.05) is 18.8 Å². The fourth-order valence-electron chi connectivity index (χ4n) is 3.96. The Bertz CT molecular complexity index is 719. The van der Waals surface area contributed by atoms with Gasteiger partial charge in [0.25, 0.3) is 0 Å². The second-order valence-electron chi connectivity index (χ2n) is 7.66. The van der Waals surface area contributed by atoms with Crippen molar-refractivity contribution >= 4 is 5.69 Å². The molecule has 1 aliphatic rings. The van der Waals surface area contributed by atoms with Gasteiger partial charge in [-0.25, -0.2) is 0 Å². The second-order valence-corrected chi connectivity index (χ2v) is 7.66. The summed E-state index contributed by atoms with van der Waals surface area (Å²) in [6, 6.07) is 11.4. The van der Waals surface area contributed by atoms with Crippen molar-refractivity contribution in [3.63, 3.8) is 0 Å². The topological polar surface area (TPSA) is 12.5 Å². The fraction of sp³-hybridized carbons (Fsp3) is 0.556. The van der Waals surface area contributed by atoms with Crippen LogP contribution in [0.15, 0.2) is 30.3 Å². The predicted molar refractivity (Wildman–Crippen MR) is 130 cm³/mol. The van der Waals surface area contributed by atoms with E-state index in [4.69, 9.17) is 4.74 Å². The van der Waals surface area contributed by atoms with Crippen molar-refractivity contribution in [1.29, 1.82) is 0 Å². The van der Waals surface area contributed by atoms with E-state index < -0.39 is 0 Å². The van der Waals surface area contributed by atoms with Crippen LogP contribution < -0.4 is 9.64 Å². The molecule has 0 N–H and O–H groups in total. The van der Waals surface area contributed by atoms with Crippen molar-refractivity contribution in [3.8, 4) is 5.75 Å². The number of rotatable bonds is 5. The van der Waals surface area contributed by atoms with E-state index in [-0.39, 0.29) is 0 Å². The van der Waals surface area contributed by atoms with Crippen molar-refractivity contribution in [2.24, 2.45) is 0 Å². The molecule has 0 spiro atoms. The molecule has 0 unspecified atom stereocenters. The summed E-state index contributed by atoms with van der Waals surface area (Å²) in [6.45, 7) is 19.4. The van der Waals surface area contributed by atoms with Gasteiger partial charge in [0.2, 0.25) is 0 Å². The summed E-state index contributed by atoms with van der Waals surface area (Å²) >= 11 is 0. The molecule has 1 fully saturated rings. The summed E-state index contributed by atoms with van der Waals surface area (Å²) in [7, 11) is 1.76. The van der Waals surface area contributed by atoms with Gasteiger partial charge in [0.05, 0.1) is 7.11 Å². The van der Waals surface area contributed by atoms with Gasteiger partial charge in [0.1, 0.15) is 5.75 Å². The Kier molecular flexibility index (Phi) is 10.9. The molecule has 0 bridgehead atoms. The van der Waals surface area contributed by atoms with E-state index >= 15 is 0 Å². The Morgan fingerprint density at radius 2 is 1.45 bits per heavy atom. The van der Waals surface area contributed by atoms with Gasteiger partial charge in [0.15, 0.2) is 0 Å². The van der Waals surface area contributed by atoms with Crippen LogP contribution in [0.3, 0.4) is 0 Å². The molecule has 3 rings (SSSR count).